The number of hydrogen-bond donors (Lipinski definition) is 2. The minimum atomic E-state index is -0.797. The Morgan fingerprint density at radius 1 is 1.29 bits per heavy atom. The Hall–Kier alpha value is -2.04. The summed E-state index contributed by atoms with van der Waals surface area (Å²) in [5.41, 5.74) is -0.0201. The van der Waals surface area contributed by atoms with Crippen LogP contribution in [0, 0.1) is 5.41 Å². The number of aromatic hydroxyl groups is 1. The van der Waals surface area contributed by atoms with E-state index in [4.69, 9.17) is 5.11 Å². The van der Waals surface area contributed by atoms with E-state index in [-0.39, 0.29) is 5.75 Å². The molecule has 1 aliphatic carbocycles. The van der Waals surface area contributed by atoms with Crippen molar-refractivity contribution in [1.82, 2.24) is 0 Å². The van der Waals surface area contributed by atoms with Crippen LogP contribution in [0.4, 0.5) is 10.5 Å². The van der Waals surface area contributed by atoms with Crippen LogP contribution in [0.25, 0.3) is 0 Å². The van der Waals surface area contributed by atoms with Gasteiger partial charge in [-0.2, -0.15) is 0 Å². The first-order valence-electron chi connectivity index (χ1n) is 5.32. The highest BCUT2D eigenvalue weighted by Gasteiger charge is 2.47. The molecule has 0 unspecified atom stereocenters. The predicted octanol–water partition coefficient (Wildman–Crippen LogP) is 2.27. The molecule has 0 aromatic heterocycles. The molecule has 0 atom stereocenters. The molecule has 0 radical (unpaired) electrons. The number of ether oxygens (including phenoxy) is 1. The van der Waals surface area contributed by atoms with Gasteiger partial charge in [-0.25, -0.2) is 4.79 Å². The minimum absolute atomic E-state index is 0.102. The number of hydrogen-bond acceptors (Lipinski definition) is 4. The number of anilines is 1. The summed E-state index contributed by atoms with van der Waals surface area (Å²) in [7, 11) is 0. The third kappa shape index (κ3) is 2.75. The molecule has 5 nitrogen and oxygen atoms in total. The highest BCUT2D eigenvalue weighted by atomic mass is 16.6. The van der Waals surface area contributed by atoms with Crippen molar-refractivity contribution < 1.29 is 19.4 Å². The Balaban J connectivity index is 1.89. The van der Waals surface area contributed by atoms with E-state index in [2.05, 4.69) is 10.1 Å². The Kier molecular flexibility index (Phi) is 2.75. The Morgan fingerprint density at radius 2 is 1.88 bits per heavy atom. The number of benzene rings is 1. The summed E-state index contributed by atoms with van der Waals surface area (Å²) < 4.78 is 4.66. The molecule has 1 aromatic rings. The number of rotatable bonds is 2. The smallest absolute Gasteiger partial charge is 0.419 e. The van der Waals surface area contributed by atoms with Crippen molar-refractivity contribution in [2.75, 3.05) is 5.32 Å². The molecular formula is C12H13NO4. The zero-order chi connectivity index (χ0) is 12.5. The van der Waals surface area contributed by atoms with Gasteiger partial charge in [0.05, 0.1) is 5.41 Å². The van der Waals surface area contributed by atoms with E-state index < -0.39 is 17.5 Å². The molecule has 2 N–H and O–H groups in total. The summed E-state index contributed by atoms with van der Waals surface area (Å²) >= 11 is 0. The van der Waals surface area contributed by atoms with Gasteiger partial charge in [0.1, 0.15) is 5.75 Å². The fraction of sp³-hybridized carbons (Fsp3) is 0.333. The van der Waals surface area contributed by atoms with Gasteiger partial charge in [0.2, 0.25) is 0 Å². The molecule has 1 fully saturated rings. The largest absolute Gasteiger partial charge is 0.508 e. The van der Waals surface area contributed by atoms with Crippen LogP contribution in [0.1, 0.15) is 19.8 Å². The summed E-state index contributed by atoms with van der Waals surface area (Å²) in [5.74, 6) is -0.390. The molecule has 1 amide bonds. The van der Waals surface area contributed by atoms with Crippen molar-refractivity contribution in [3.05, 3.63) is 24.3 Å². The van der Waals surface area contributed by atoms with Gasteiger partial charge >= 0.3 is 12.1 Å². The second-order valence-electron chi connectivity index (χ2n) is 4.41. The van der Waals surface area contributed by atoms with Crippen LogP contribution < -0.4 is 5.32 Å². The molecule has 17 heavy (non-hydrogen) atoms. The maximum absolute atomic E-state index is 11.5. The zero-order valence-electron chi connectivity index (χ0n) is 9.40. The van der Waals surface area contributed by atoms with Gasteiger partial charge in [0, 0.05) is 5.69 Å². The van der Waals surface area contributed by atoms with Crippen molar-refractivity contribution in [2.24, 2.45) is 5.41 Å². The van der Waals surface area contributed by atoms with Crippen molar-refractivity contribution >= 4 is 17.7 Å². The van der Waals surface area contributed by atoms with E-state index in [1.54, 1.807) is 6.92 Å². The second-order valence-corrected chi connectivity index (χ2v) is 4.41. The molecule has 90 valence electrons. The van der Waals surface area contributed by atoms with E-state index in [1.165, 1.54) is 24.3 Å². The number of esters is 1. The van der Waals surface area contributed by atoms with Crippen molar-refractivity contribution in [2.45, 2.75) is 19.8 Å². The lowest BCUT2D eigenvalue weighted by atomic mass is 10.1. The summed E-state index contributed by atoms with van der Waals surface area (Å²) in [6, 6.07) is 5.89. The van der Waals surface area contributed by atoms with Gasteiger partial charge in [-0.3, -0.25) is 10.1 Å². The third-order valence-electron chi connectivity index (χ3n) is 2.79. The van der Waals surface area contributed by atoms with Crippen LogP contribution in [-0.4, -0.2) is 17.2 Å². The topological polar surface area (TPSA) is 75.6 Å². The number of phenolic OH excluding ortho intramolecular Hbond substituents is 1. The van der Waals surface area contributed by atoms with Gasteiger partial charge in [0.25, 0.3) is 0 Å². The van der Waals surface area contributed by atoms with Crippen LogP contribution in [0.5, 0.6) is 5.75 Å². The lowest BCUT2D eigenvalue weighted by Gasteiger charge is -2.08. The first-order valence-corrected chi connectivity index (χ1v) is 5.32. The molecule has 0 saturated heterocycles. The fourth-order valence-electron chi connectivity index (χ4n) is 1.29. The van der Waals surface area contributed by atoms with E-state index in [0.29, 0.717) is 5.69 Å². The van der Waals surface area contributed by atoms with Crippen molar-refractivity contribution in [3.63, 3.8) is 0 Å². The molecular weight excluding hydrogens is 222 g/mol. The predicted molar refractivity (Wildman–Crippen MR) is 60.6 cm³/mol. The Labute approximate surface area is 98.4 Å². The number of amides is 1. The highest BCUT2D eigenvalue weighted by molar-refractivity contribution is 5.95. The molecule has 0 aliphatic heterocycles. The summed E-state index contributed by atoms with van der Waals surface area (Å²) in [6.45, 7) is 1.77. The van der Waals surface area contributed by atoms with Crippen molar-refractivity contribution in [1.29, 1.82) is 0 Å². The lowest BCUT2D eigenvalue weighted by molar-refractivity contribution is -0.142. The fourth-order valence-corrected chi connectivity index (χ4v) is 1.29. The second kappa shape index (κ2) is 4.08. The van der Waals surface area contributed by atoms with E-state index in [9.17, 15) is 9.59 Å². The molecule has 1 saturated carbocycles. The minimum Gasteiger partial charge on any atom is -0.508 e. The third-order valence-corrected chi connectivity index (χ3v) is 2.79. The SMILES string of the molecule is CC1(C(=O)OC(=O)Nc2ccc(O)cc2)CC1. The lowest BCUT2D eigenvalue weighted by Crippen LogP contribution is -2.23. The normalized spacial score (nSPS) is 16.1. The monoisotopic (exact) mass is 235 g/mol. The molecule has 0 heterocycles. The van der Waals surface area contributed by atoms with Crippen LogP contribution in [0.2, 0.25) is 0 Å². The standard InChI is InChI=1S/C12H13NO4/c1-12(6-7-12)10(15)17-11(16)13-8-2-4-9(14)5-3-8/h2-5,14H,6-7H2,1H3,(H,13,16). The molecule has 0 spiro atoms. The summed E-state index contributed by atoms with van der Waals surface area (Å²) in [6.07, 6.45) is 0.727. The molecule has 5 heteroatoms. The molecule has 2 rings (SSSR count). The van der Waals surface area contributed by atoms with Gasteiger partial charge in [-0.1, -0.05) is 0 Å². The Morgan fingerprint density at radius 3 is 2.41 bits per heavy atom. The van der Waals surface area contributed by atoms with Gasteiger partial charge in [-0.15, -0.1) is 0 Å². The average molecular weight is 235 g/mol. The van der Waals surface area contributed by atoms with Crippen LogP contribution in [-0.2, 0) is 9.53 Å². The first kappa shape index (κ1) is 11.4. The first-order chi connectivity index (χ1) is 7.99. The van der Waals surface area contributed by atoms with E-state index in [1.807, 2.05) is 0 Å². The molecule has 1 aromatic carbocycles. The zero-order valence-corrected chi connectivity index (χ0v) is 9.40. The van der Waals surface area contributed by atoms with Gasteiger partial charge in [-0.05, 0) is 44.0 Å². The molecule has 1 aliphatic rings. The summed E-state index contributed by atoms with van der Waals surface area (Å²) in [4.78, 5) is 22.8. The quantitative estimate of drug-likeness (QED) is 0.468. The van der Waals surface area contributed by atoms with Crippen LogP contribution in [0.3, 0.4) is 0 Å². The number of carbonyl (C=O) groups is 2. The molecule has 0 bridgehead atoms. The van der Waals surface area contributed by atoms with E-state index in [0.717, 1.165) is 12.8 Å². The average Bonchev–Trinajstić information content (AvgIpc) is 3.01. The van der Waals surface area contributed by atoms with Gasteiger partial charge < -0.3 is 9.84 Å². The highest BCUT2D eigenvalue weighted by Crippen LogP contribution is 2.46. The van der Waals surface area contributed by atoms with Gasteiger partial charge in [0.15, 0.2) is 0 Å². The van der Waals surface area contributed by atoms with Crippen molar-refractivity contribution in [3.8, 4) is 5.75 Å². The maximum Gasteiger partial charge on any atom is 0.419 e. The van der Waals surface area contributed by atoms with Crippen LogP contribution >= 0.6 is 0 Å². The number of phenols is 1. The van der Waals surface area contributed by atoms with Crippen LogP contribution in [0.15, 0.2) is 24.3 Å². The van der Waals surface area contributed by atoms with E-state index >= 15 is 0 Å². The maximum atomic E-state index is 11.5. The summed E-state index contributed by atoms with van der Waals surface area (Å²) in [5, 5.41) is 11.5. The Bertz CT molecular complexity index is 448. The number of carbonyl (C=O) groups excluding carboxylic acids is 2. The number of nitrogens with one attached hydrogen (secondary N) is 1.